The van der Waals surface area contributed by atoms with Crippen molar-refractivity contribution in [2.75, 3.05) is 28.4 Å². The van der Waals surface area contributed by atoms with Gasteiger partial charge in [0.25, 0.3) is 0 Å². The molecule has 0 radical (unpaired) electrons. The number of methoxy groups -OCH3 is 4. The van der Waals surface area contributed by atoms with Gasteiger partial charge < -0.3 is 28.4 Å². The molecule has 2 aliphatic heterocycles. The molecular weight excluding hydrogens is 492 g/mol. The van der Waals surface area contributed by atoms with E-state index in [-0.39, 0.29) is 18.0 Å². The van der Waals surface area contributed by atoms with Crippen LogP contribution in [-0.2, 0) is 9.53 Å². The van der Waals surface area contributed by atoms with Gasteiger partial charge in [0.15, 0.2) is 17.3 Å². The second-order valence-corrected chi connectivity index (χ2v) is 8.56. The molecule has 0 amide bonds. The highest BCUT2D eigenvalue weighted by Crippen LogP contribution is 2.53. The van der Waals surface area contributed by atoms with E-state index in [4.69, 9.17) is 28.4 Å². The molecular formula is C29H24O9. The van der Waals surface area contributed by atoms with Crippen LogP contribution in [-0.4, -0.2) is 46.2 Å². The molecule has 38 heavy (non-hydrogen) atoms. The second-order valence-electron chi connectivity index (χ2n) is 8.56. The van der Waals surface area contributed by atoms with Crippen molar-refractivity contribution in [3.8, 4) is 28.7 Å². The molecule has 9 nitrogen and oxygen atoms in total. The van der Waals surface area contributed by atoms with Gasteiger partial charge in [-0.3, -0.25) is 9.59 Å². The first-order valence-corrected chi connectivity index (χ1v) is 11.7. The van der Waals surface area contributed by atoms with E-state index in [1.165, 1.54) is 28.4 Å². The average Bonchev–Trinajstić information content (AvgIpc) is 3.26. The predicted octanol–water partition coefficient (Wildman–Crippen LogP) is 4.56. The first kappa shape index (κ1) is 24.9. The van der Waals surface area contributed by atoms with Gasteiger partial charge >= 0.3 is 11.9 Å². The standard InChI is InChI=1S/C29H24O9/c1-33-21-12-9-17(27(34-2)28(21)35-3)19-14-23(30)37-20-11-10-18-25(31)22(38-26(18)24(19)20)13-15-5-7-16(8-6-15)29(32)36-4/h5-13,19H,14H2,1-4H3/b22-13-. The van der Waals surface area contributed by atoms with E-state index in [2.05, 4.69) is 0 Å². The number of hydrogen-bond donors (Lipinski definition) is 0. The lowest BCUT2D eigenvalue weighted by molar-refractivity contribution is -0.135. The number of carbonyl (C=O) groups is 3. The zero-order chi connectivity index (χ0) is 27.0. The maximum atomic E-state index is 13.3. The van der Waals surface area contributed by atoms with Crippen molar-refractivity contribution < 1.29 is 42.8 Å². The van der Waals surface area contributed by atoms with Crippen LogP contribution in [0.2, 0.25) is 0 Å². The molecule has 3 aromatic rings. The first-order valence-electron chi connectivity index (χ1n) is 11.7. The molecule has 0 N–H and O–H groups in total. The van der Waals surface area contributed by atoms with Crippen LogP contribution in [0.15, 0.2) is 54.3 Å². The van der Waals surface area contributed by atoms with E-state index in [9.17, 15) is 14.4 Å². The minimum Gasteiger partial charge on any atom is -0.493 e. The summed E-state index contributed by atoms with van der Waals surface area (Å²) in [5.74, 6) is 0.255. The summed E-state index contributed by atoms with van der Waals surface area (Å²) < 4.78 is 33.0. The van der Waals surface area contributed by atoms with Gasteiger partial charge in [-0.15, -0.1) is 0 Å². The number of fused-ring (bicyclic) bond motifs is 3. The monoisotopic (exact) mass is 516 g/mol. The maximum absolute atomic E-state index is 13.3. The van der Waals surface area contributed by atoms with Gasteiger partial charge in [0.1, 0.15) is 11.5 Å². The summed E-state index contributed by atoms with van der Waals surface area (Å²) in [7, 11) is 5.84. The highest BCUT2D eigenvalue weighted by Gasteiger charge is 2.40. The third kappa shape index (κ3) is 4.11. The summed E-state index contributed by atoms with van der Waals surface area (Å²) in [5.41, 5.74) is 2.61. The van der Waals surface area contributed by atoms with Gasteiger partial charge in [-0.2, -0.15) is 0 Å². The molecule has 0 saturated heterocycles. The Kier molecular flexibility index (Phi) is 6.50. The molecule has 9 heteroatoms. The molecule has 2 aliphatic rings. The summed E-state index contributed by atoms with van der Waals surface area (Å²) in [4.78, 5) is 37.6. The molecule has 0 spiro atoms. The number of ketones is 1. The lowest BCUT2D eigenvalue weighted by Gasteiger charge is -2.28. The molecule has 0 aliphatic carbocycles. The van der Waals surface area contributed by atoms with Crippen molar-refractivity contribution >= 4 is 23.8 Å². The maximum Gasteiger partial charge on any atom is 0.337 e. The molecule has 194 valence electrons. The fourth-order valence-corrected chi connectivity index (χ4v) is 4.76. The molecule has 0 saturated carbocycles. The van der Waals surface area contributed by atoms with E-state index in [1.54, 1.807) is 54.6 Å². The van der Waals surface area contributed by atoms with Crippen molar-refractivity contribution in [1.29, 1.82) is 0 Å². The van der Waals surface area contributed by atoms with Crippen molar-refractivity contribution in [3.05, 3.63) is 82.1 Å². The molecule has 0 bridgehead atoms. The Labute approximate surface area is 218 Å². The normalized spacial score (nSPS) is 16.7. The molecule has 2 heterocycles. The topological polar surface area (TPSA) is 107 Å². The van der Waals surface area contributed by atoms with Crippen molar-refractivity contribution in [1.82, 2.24) is 0 Å². The summed E-state index contributed by atoms with van der Waals surface area (Å²) in [6, 6.07) is 13.3. The second kappa shape index (κ2) is 9.93. The van der Waals surface area contributed by atoms with Gasteiger partial charge in [0.05, 0.1) is 46.0 Å². The van der Waals surface area contributed by atoms with Gasteiger partial charge in [-0.1, -0.05) is 18.2 Å². The Morgan fingerprint density at radius 1 is 0.868 bits per heavy atom. The van der Waals surface area contributed by atoms with Gasteiger partial charge in [-0.25, -0.2) is 4.79 Å². The van der Waals surface area contributed by atoms with E-state index in [0.29, 0.717) is 56.6 Å². The molecule has 3 aromatic carbocycles. The average molecular weight is 517 g/mol. The minimum absolute atomic E-state index is 0.000878. The van der Waals surface area contributed by atoms with E-state index < -0.39 is 17.9 Å². The summed E-state index contributed by atoms with van der Waals surface area (Å²) >= 11 is 0. The summed E-state index contributed by atoms with van der Waals surface area (Å²) in [6.07, 6.45) is 1.59. The van der Waals surface area contributed by atoms with Crippen LogP contribution in [0.5, 0.6) is 28.7 Å². The third-order valence-electron chi connectivity index (χ3n) is 6.52. The zero-order valence-corrected chi connectivity index (χ0v) is 21.2. The third-order valence-corrected chi connectivity index (χ3v) is 6.52. The highest BCUT2D eigenvalue weighted by atomic mass is 16.5. The quantitative estimate of drug-likeness (QED) is 0.265. The van der Waals surface area contributed by atoms with Crippen LogP contribution >= 0.6 is 0 Å². The van der Waals surface area contributed by atoms with Crippen LogP contribution in [0.4, 0.5) is 0 Å². The Hall–Kier alpha value is -4.79. The molecule has 1 atom stereocenters. The Balaban J connectivity index is 1.59. The van der Waals surface area contributed by atoms with Gasteiger partial charge in [0.2, 0.25) is 11.5 Å². The Morgan fingerprint density at radius 3 is 2.26 bits per heavy atom. The number of allylic oxidation sites excluding steroid dienone is 1. The summed E-state index contributed by atoms with van der Waals surface area (Å²) in [6.45, 7) is 0. The smallest absolute Gasteiger partial charge is 0.337 e. The Morgan fingerprint density at radius 2 is 1.61 bits per heavy atom. The lowest BCUT2D eigenvalue weighted by Crippen LogP contribution is -2.22. The van der Waals surface area contributed by atoms with E-state index >= 15 is 0 Å². The number of benzene rings is 3. The van der Waals surface area contributed by atoms with Crippen LogP contribution in [0.1, 0.15) is 49.7 Å². The van der Waals surface area contributed by atoms with Crippen LogP contribution < -0.4 is 23.7 Å². The van der Waals surface area contributed by atoms with Crippen molar-refractivity contribution in [3.63, 3.8) is 0 Å². The number of rotatable bonds is 6. The van der Waals surface area contributed by atoms with Gasteiger partial charge in [0, 0.05) is 17.0 Å². The first-order chi connectivity index (χ1) is 18.4. The number of Topliss-reactive ketones (excluding diaryl/α,β-unsaturated/α-hetero) is 1. The fourth-order valence-electron chi connectivity index (χ4n) is 4.76. The highest BCUT2D eigenvalue weighted by molar-refractivity contribution is 6.15. The lowest BCUT2D eigenvalue weighted by atomic mass is 9.84. The fraction of sp³-hybridized carbons (Fsp3) is 0.207. The molecule has 5 rings (SSSR count). The Bertz CT molecular complexity index is 1480. The van der Waals surface area contributed by atoms with Crippen LogP contribution in [0, 0.1) is 0 Å². The number of carbonyl (C=O) groups excluding carboxylic acids is 3. The number of ether oxygens (including phenoxy) is 6. The number of hydrogen-bond acceptors (Lipinski definition) is 9. The van der Waals surface area contributed by atoms with E-state index in [1.807, 2.05) is 0 Å². The van der Waals surface area contributed by atoms with E-state index in [0.717, 1.165) is 0 Å². The largest absolute Gasteiger partial charge is 0.493 e. The SMILES string of the molecule is COC(=O)c1ccc(/C=C2\Oc3c(ccc4c3C(c3ccc(OC)c(OC)c3OC)CC(=O)O4)C2=O)cc1. The number of esters is 2. The molecule has 1 unspecified atom stereocenters. The summed E-state index contributed by atoms with van der Waals surface area (Å²) in [5, 5.41) is 0. The van der Waals surface area contributed by atoms with Gasteiger partial charge in [-0.05, 0) is 42.0 Å². The molecule has 0 aromatic heterocycles. The minimum atomic E-state index is -0.539. The van der Waals surface area contributed by atoms with Crippen LogP contribution in [0.25, 0.3) is 6.08 Å². The van der Waals surface area contributed by atoms with Crippen molar-refractivity contribution in [2.24, 2.45) is 0 Å². The molecule has 0 fully saturated rings. The van der Waals surface area contributed by atoms with Crippen LogP contribution in [0.3, 0.4) is 0 Å². The zero-order valence-electron chi connectivity index (χ0n) is 21.2. The predicted molar refractivity (Wildman–Crippen MR) is 135 cm³/mol. The van der Waals surface area contributed by atoms with Crippen molar-refractivity contribution in [2.45, 2.75) is 12.3 Å².